The summed E-state index contributed by atoms with van der Waals surface area (Å²) >= 11 is 1.53. The van der Waals surface area contributed by atoms with E-state index in [1.54, 1.807) is 7.05 Å². The lowest BCUT2D eigenvalue weighted by molar-refractivity contribution is -0.384. The average Bonchev–Trinajstić information content (AvgIpc) is 3.19. The molecule has 0 aliphatic heterocycles. The SMILES string of the molecule is COCCNc1ccc([N+](=O)[O-])cc1C(=O)OCC(=O)N(C)Cc1ccsc1. The molecule has 1 N–H and O–H groups in total. The van der Waals surface area contributed by atoms with Crippen LogP contribution in [0.15, 0.2) is 35.0 Å². The summed E-state index contributed by atoms with van der Waals surface area (Å²) in [5, 5.41) is 17.8. The highest BCUT2D eigenvalue weighted by molar-refractivity contribution is 7.07. The Labute approximate surface area is 166 Å². The number of nitro benzene ring substituents is 1. The van der Waals surface area contributed by atoms with Gasteiger partial charge >= 0.3 is 5.97 Å². The number of anilines is 1. The van der Waals surface area contributed by atoms with E-state index in [9.17, 15) is 19.7 Å². The largest absolute Gasteiger partial charge is 0.452 e. The van der Waals surface area contributed by atoms with Crippen LogP contribution in [0.3, 0.4) is 0 Å². The summed E-state index contributed by atoms with van der Waals surface area (Å²) in [4.78, 5) is 36.5. The molecule has 0 saturated heterocycles. The van der Waals surface area contributed by atoms with E-state index in [0.717, 1.165) is 11.6 Å². The average molecular weight is 407 g/mol. The summed E-state index contributed by atoms with van der Waals surface area (Å²) in [5.74, 6) is -1.19. The molecule has 0 radical (unpaired) electrons. The van der Waals surface area contributed by atoms with E-state index in [0.29, 0.717) is 25.4 Å². The molecule has 0 fully saturated rings. The van der Waals surface area contributed by atoms with Gasteiger partial charge in [0, 0.05) is 45.1 Å². The predicted octanol–water partition coefficient (Wildman–Crippen LogP) is 2.53. The van der Waals surface area contributed by atoms with Crippen LogP contribution in [-0.2, 0) is 20.8 Å². The number of amides is 1. The second kappa shape index (κ2) is 10.4. The van der Waals surface area contributed by atoms with E-state index >= 15 is 0 Å². The van der Waals surface area contributed by atoms with Gasteiger partial charge in [-0.15, -0.1) is 0 Å². The molecule has 0 bridgehead atoms. The van der Waals surface area contributed by atoms with E-state index in [-0.39, 0.29) is 17.2 Å². The van der Waals surface area contributed by atoms with Crippen molar-refractivity contribution in [2.75, 3.05) is 39.2 Å². The van der Waals surface area contributed by atoms with Gasteiger partial charge in [-0.1, -0.05) is 0 Å². The number of nitrogens with zero attached hydrogens (tertiary/aromatic N) is 2. The zero-order chi connectivity index (χ0) is 20.5. The lowest BCUT2D eigenvalue weighted by Gasteiger charge is -2.17. The van der Waals surface area contributed by atoms with Crippen LogP contribution in [0.25, 0.3) is 0 Å². The summed E-state index contributed by atoms with van der Waals surface area (Å²) in [5.41, 5.74) is 1.09. The van der Waals surface area contributed by atoms with E-state index < -0.39 is 17.5 Å². The van der Waals surface area contributed by atoms with E-state index in [1.165, 1.54) is 35.5 Å². The highest BCUT2D eigenvalue weighted by Crippen LogP contribution is 2.23. The Morgan fingerprint density at radius 1 is 1.32 bits per heavy atom. The fourth-order valence-electron chi connectivity index (χ4n) is 2.32. The van der Waals surface area contributed by atoms with Crippen molar-refractivity contribution in [3.63, 3.8) is 0 Å². The number of benzene rings is 1. The number of ether oxygens (including phenoxy) is 2. The van der Waals surface area contributed by atoms with Gasteiger partial charge in [-0.3, -0.25) is 14.9 Å². The number of rotatable bonds is 10. The predicted molar refractivity (Wildman–Crippen MR) is 105 cm³/mol. The standard InChI is InChI=1S/C18H21N3O6S/c1-20(10-13-5-8-28-12-13)17(22)11-27-18(23)15-9-14(21(24)25)3-4-16(15)19-6-7-26-2/h3-5,8-9,12,19H,6-7,10-11H2,1-2H3. The van der Waals surface area contributed by atoms with Gasteiger partial charge in [0.1, 0.15) is 0 Å². The van der Waals surface area contributed by atoms with Gasteiger partial charge < -0.3 is 19.7 Å². The van der Waals surface area contributed by atoms with E-state index in [4.69, 9.17) is 9.47 Å². The number of esters is 1. The van der Waals surface area contributed by atoms with Crippen molar-refractivity contribution in [3.8, 4) is 0 Å². The molecule has 2 aromatic rings. The first-order valence-electron chi connectivity index (χ1n) is 8.35. The molecule has 1 amide bonds. The number of nitrogens with one attached hydrogen (secondary N) is 1. The molecule has 150 valence electrons. The Hall–Kier alpha value is -2.98. The van der Waals surface area contributed by atoms with Crippen molar-refractivity contribution >= 4 is 34.6 Å². The summed E-state index contributed by atoms with van der Waals surface area (Å²) < 4.78 is 10.0. The van der Waals surface area contributed by atoms with Crippen LogP contribution >= 0.6 is 11.3 Å². The fourth-order valence-corrected chi connectivity index (χ4v) is 2.98. The minimum absolute atomic E-state index is 0.0152. The molecule has 2 rings (SSSR count). The molecule has 1 aromatic heterocycles. The number of likely N-dealkylation sites (N-methyl/N-ethyl adjacent to an activating group) is 1. The second-order valence-corrected chi connectivity index (χ2v) is 6.64. The third kappa shape index (κ3) is 6.03. The zero-order valence-corrected chi connectivity index (χ0v) is 16.4. The second-order valence-electron chi connectivity index (χ2n) is 5.86. The number of hydrogen-bond donors (Lipinski definition) is 1. The molecule has 0 spiro atoms. The zero-order valence-electron chi connectivity index (χ0n) is 15.5. The molecule has 28 heavy (non-hydrogen) atoms. The first-order chi connectivity index (χ1) is 13.4. The molecule has 0 aliphatic rings. The molecular formula is C18H21N3O6S. The van der Waals surface area contributed by atoms with Crippen LogP contribution < -0.4 is 5.32 Å². The van der Waals surface area contributed by atoms with Crippen LogP contribution in [0.4, 0.5) is 11.4 Å². The molecular weight excluding hydrogens is 386 g/mol. The number of carbonyl (C=O) groups is 2. The van der Waals surface area contributed by atoms with Gasteiger partial charge in [0.15, 0.2) is 6.61 Å². The van der Waals surface area contributed by atoms with Crippen molar-refractivity contribution in [2.45, 2.75) is 6.54 Å². The van der Waals surface area contributed by atoms with Crippen LogP contribution in [0.2, 0.25) is 0 Å². The normalized spacial score (nSPS) is 10.4. The third-order valence-electron chi connectivity index (χ3n) is 3.81. The fraction of sp³-hybridized carbons (Fsp3) is 0.333. The first kappa shape index (κ1) is 21.3. The minimum atomic E-state index is -0.819. The molecule has 9 nitrogen and oxygen atoms in total. The molecule has 10 heteroatoms. The Kier molecular flexibility index (Phi) is 7.90. The summed E-state index contributed by atoms with van der Waals surface area (Å²) in [6.45, 7) is 0.731. The number of nitro groups is 1. The van der Waals surface area contributed by atoms with Crippen LogP contribution in [0, 0.1) is 10.1 Å². The lowest BCUT2D eigenvalue weighted by Crippen LogP contribution is -2.30. The number of hydrogen-bond acceptors (Lipinski definition) is 8. The maximum Gasteiger partial charge on any atom is 0.341 e. The lowest BCUT2D eigenvalue weighted by atomic mass is 10.1. The van der Waals surface area contributed by atoms with Crippen molar-refractivity contribution in [3.05, 3.63) is 56.3 Å². The molecule has 1 aromatic carbocycles. The monoisotopic (exact) mass is 407 g/mol. The van der Waals surface area contributed by atoms with Gasteiger partial charge in [-0.05, 0) is 28.5 Å². The van der Waals surface area contributed by atoms with Gasteiger partial charge in [-0.2, -0.15) is 11.3 Å². The Morgan fingerprint density at radius 3 is 2.75 bits per heavy atom. The van der Waals surface area contributed by atoms with Crippen LogP contribution in [0.5, 0.6) is 0 Å². The number of methoxy groups -OCH3 is 1. The van der Waals surface area contributed by atoms with Crippen molar-refractivity contribution in [1.29, 1.82) is 0 Å². The van der Waals surface area contributed by atoms with Gasteiger partial charge in [0.2, 0.25) is 0 Å². The van der Waals surface area contributed by atoms with Gasteiger partial charge in [-0.25, -0.2) is 4.79 Å². The van der Waals surface area contributed by atoms with E-state index in [2.05, 4.69) is 5.32 Å². The number of carbonyl (C=O) groups excluding carboxylic acids is 2. The Morgan fingerprint density at radius 2 is 2.11 bits per heavy atom. The van der Waals surface area contributed by atoms with Gasteiger partial charge in [0.05, 0.1) is 17.1 Å². The summed E-state index contributed by atoms with van der Waals surface area (Å²) in [6.07, 6.45) is 0. The molecule has 0 unspecified atom stereocenters. The maximum absolute atomic E-state index is 12.4. The molecule has 0 saturated carbocycles. The highest BCUT2D eigenvalue weighted by Gasteiger charge is 2.20. The topological polar surface area (TPSA) is 111 Å². The summed E-state index contributed by atoms with van der Waals surface area (Å²) in [6, 6.07) is 5.74. The smallest absolute Gasteiger partial charge is 0.341 e. The highest BCUT2D eigenvalue weighted by atomic mass is 32.1. The number of non-ortho nitro benzene ring substituents is 1. The minimum Gasteiger partial charge on any atom is -0.452 e. The van der Waals surface area contributed by atoms with Crippen LogP contribution in [0.1, 0.15) is 15.9 Å². The van der Waals surface area contributed by atoms with Crippen molar-refractivity contribution in [1.82, 2.24) is 4.90 Å². The Bertz CT molecular complexity index is 825. The van der Waals surface area contributed by atoms with Crippen molar-refractivity contribution in [2.24, 2.45) is 0 Å². The third-order valence-corrected chi connectivity index (χ3v) is 4.54. The quantitative estimate of drug-likeness (QED) is 0.279. The first-order valence-corrected chi connectivity index (χ1v) is 9.30. The molecule has 1 heterocycles. The maximum atomic E-state index is 12.4. The Balaban J connectivity index is 2.03. The molecule has 0 aliphatic carbocycles. The van der Waals surface area contributed by atoms with E-state index in [1.807, 2.05) is 16.8 Å². The molecule has 0 atom stereocenters. The van der Waals surface area contributed by atoms with Crippen LogP contribution in [-0.4, -0.2) is 55.6 Å². The summed E-state index contributed by atoms with van der Waals surface area (Å²) in [7, 11) is 3.14. The number of thiophene rings is 1. The van der Waals surface area contributed by atoms with Crippen molar-refractivity contribution < 1.29 is 24.0 Å². The van der Waals surface area contributed by atoms with Gasteiger partial charge in [0.25, 0.3) is 11.6 Å².